The summed E-state index contributed by atoms with van der Waals surface area (Å²) in [5, 5.41) is 3.36. The Hall–Kier alpha value is -1.49. The molecule has 3 rings (SSSR count). The molecule has 1 N–H and O–H groups in total. The Bertz CT molecular complexity index is 458. The summed E-state index contributed by atoms with van der Waals surface area (Å²) < 4.78 is 2.18. The van der Waals surface area contributed by atoms with Crippen LogP contribution in [0.4, 0.5) is 0 Å². The molecule has 0 aromatic carbocycles. The summed E-state index contributed by atoms with van der Waals surface area (Å²) in [7, 11) is 0. The molecular weight excluding hydrogens is 190 g/mol. The van der Waals surface area contributed by atoms with E-state index in [1.165, 1.54) is 0 Å². The van der Waals surface area contributed by atoms with Gasteiger partial charge in [-0.3, -0.25) is 0 Å². The molecule has 0 spiro atoms. The molecule has 15 heavy (non-hydrogen) atoms. The predicted octanol–water partition coefficient (Wildman–Crippen LogP) is 0.751. The first-order chi connectivity index (χ1) is 7.45. The topological polar surface area (TPSA) is 55.6 Å². The monoisotopic (exact) mass is 203 g/mol. The van der Waals surface area contributed by atoms with Gasteiger partial charge >= 0.3 is 0 Å². The smallest absolute Gasteiger partial charge is 0.163 e. The number of aromatic nitrogens is 4. The van der Waals surface area contributed by atoms with Gasteiger partial charge in [-0.1, -0.05) is 0 Å². The number of rotatable bonds is 1. The molecule has 0 unspecified atom stereocenters. The van der Waals surface area contributed by atoms with Crippen LogP contribution in [0.5, 0.6) is 0 Å². The molecule has 5 heteroatoms. The average molecular weight is 203 g/mol. The minimum atomic E-state index is 0.533. The van der Waals surface area contributed by atoms with Gasteiger partial charge in [-0.25, -0.2) is 15.0 Å². The van der Waals surface area contributed by atoms with E-state index in [1.54, 1.807) is 12.5 Å². The normalized spacial score (nSPS) is 18.4. The Balaban J connectivity index is 2.02. The molecular formula is C10H13N5. The lowest BCUT2D eigenvalue weighted by atomic mass is 10.1. The maximum absolute atomic E-state index is 4.31. The van der Waals surface area contributed by atoms with Crippen LogP contribution in [0.15, 0.2) is 18.9 Å². The Morgan fingerprint density at radius 1 is 1.27 bits per heavy atom. The summed E-state index contributed by atoms with van der Waals surface area (Å²) in [5.41, 5.74) is 1.84. The fourth-order valence-corrected chi connectivity index (χ4v) is 2.14. The van der Waals surface area contributed by atoms with Gasteiger partial charge in [-0.2, -0.15) is 0 Å². The first-order valence-corrected chi connectivity index (χ1v) is 5.28. The third kappa shape index (κ3) is 1.48. The molecule has 0 radical (unpaired) electrons. The van der Waals surface area contributed by atoms with Crippen molar-refractivity contribution in [3.05, 3.63) is 18.9 Å². The Labute approximate surface area is 87.6 Å². The number of hydrogen-bond donors (Lipinski definition) is 1. The van der Waals surface area contributed by atoms with Crippen LogP contribution in [-0.2, 0) is 0 Å². The molecule has 5 nitrogen and oxygen atoms in total. The van der Waals surface area contributed by atoms with Crippen molar-refractivity contribution < 1.29 is 0 Å². The summed E-state index contributed by atoms with van der Waals surface area (Å²) in [5.74, 6) is 0. The second-order valence-corrected chi connectivity index (χ2v) is 3.86. The van der Waals surface area contributed by atoms with E-state index >= 15 is 0 Å². The summed E-state index contributed by atoms with van der Waals surface area (Å²) in [6, 6.07) is 0.533. The number of nitrogens with one attached hydrogen (secondary N) is 1. The largest absolute Gasteiger partial charge is 0.317 e. The van der Waals surface area contributed by atoms with E-state index in [1.807, 2.05) is 6.33 Å². The first kappa shape index (κ1) is 8.79. The lowest BCUT2D eigenvalue weighted by Crippen LogP contribution is -2.29. The second kappa shape index (κ2) is 3.58. The molecule has 1 aliphatic rings. The quantitative estimate of drug-likeness (QED) is 0.743. The molecule has 0 saturated carbocycles. The Morgan fingerprint density at radius 3 is 3.00 bits per heavy atom. The molecule has 1 fully saturated rings. The van der Waals surface area contributed by atoms with Crippen LogP contribution >= 0.6 is 0 Å². The van der Waals surface area contributed by atoms with Crippen molar-refractivity contribution in [2.75, 3.05) is 13.1 Å². The van der Waals surface area contributed by atoms with Gasteiger partial charge in [0.25, 0.3) is 0 Å². The molecule has 0 bridgehead atoms. The highest BCUT2D eigenvalue weighted by Gasteiger charge is 2.17. The zero-order chi connectivity index (χ0) is 10.1. The maximum Gasteiger partial charge on any atom is 0.163 e. The fourth-order valence-electron chi connectivity index (χ4n) is 2.14. The third-order valence-corrected chi connectivity index (χ3v) is 2.94. The van der Waals surface area contributed by atoms with E-state index in [2.05, 4.69) is 24.8 Å². The van der Waals surface area contributed by atoms with E-state index in [9.17, 15) is 0 Å². The minimum Gasteiger partial charge on any atom is -0.317 e. The van der Waals surface area contributed by atoms with Gasteiger partial charge in [0.2, 0.25) is 0 Å². The summed E-state index contributed by atoms with van der Waals surface area (Å²) in [6.45, 7) is 2.16. The zero-order valence-corrected chi connectivity index (χ0v) is 8.43. The predicted molar refractivity (Wildman–Crippen MR) is 56.5 cm³/mol. The van der Waals surface area contributed by atoms with Crippen LogP contribution in [0.25, 0.3) is 11.2 Å². The lowest BCUT2D eigenvalue weighted by molar-refractivity contribution is 0.373. The number of piperidine rings is 1. The molecule has 0 atom stereocenters. The van der Waals surface area contributed by atoms with Gasteiger partial charge in [0, 0.05) is 6.04 Å². The average Bonchev–Trinajstić information content (AvgIpc) is 2.74. The first-order valence-electron chi connectivity index (χ1n) is 5.28. The van der Waals surface area contributed by atoms with Crippen molar-refractivity contribution >= 4 is 11.2 Å². The number of imidazole rings is 1. The van der Waals surface area contributed by atoms with Crippen molar-refractivity contribution in [2.24, 2.45) is 0 Å². The minimum absolute atomic E-state index is 0.533. The summed E-state index contributed by atoms with van der Waals surface area (Å²) in [6.07, 6.45) is 7.53. The van der Waals surface area contributed by atoms with Crippen molar-refractivity contribution in [1.29, 1.82) is 0 Å². The Kier molecular flexibility index (Phi) is 2.10. The SMILES string of the molecule is c1ncc2ncn(C3CCNCC3)c2n1. The van der Waals surface area contributed by atoms with Gasteiger partial charge in [-0.05, 0) is 25.9 Å². The molecule has 1 saturated heterocycles. The van der Waals surface area contributed by atoms with Gasteiger partial charge in [-0.15, -0.1) is 0 Å². The van der Waals surface area contributed by atoms with Crippen LogP contribution < -0.4 is 5.32 Å². The van der Waals surface area contributed by atoms with Crippen LogP contribution in [0.2, 0.25) is 0 Å². The number of nitrogens with zero attached hydrogens (tertiary/aromatic N) is 4. The van der Waals surface area contributed by atoms with Gasteiger partial charge in [0.15, 0.2) is 5.65 Å². The molecule has 1 aliphatic heterocycles. The van der Waals surface area contributed by atoms with Crippen molar-refractivity contribution in [2.45, 2.75) is 18.9 Å². The van der Waals surface area contributed by atoms with Crippen molar-refractivity contribution in [3.8, 4) is 0 Å². The molecule has 3 heterocycles. The number of fused-ring (bicyclic) bond motifs is 1. The standard InChI is InChI=1S/C10H13N5/c1-3-11-4-2-8(1)15-7-14-9-5-12-6-13-10(9)15/h5-8,11H,1-4H2. The molecule has 78 valence electrons. The molecule has 2 aromatic rings. The van der Waals surface area contributed by atoms with Crippen LogP contribution in [0, 0.1) is 0 Å². The highest BCUT2D eigenvalue weighted by atomic mass is 15.1. The number of hydrogen-bond acceptors (Lipinski definition) is 4. The summed E-state index contributed by atoms with van der Waals surface area (Å²) in [4.78, 5) is 12.6. The fraction of sp³-hybridized carbons (Fsp3) is 0.500. The third-order valence-electron chi connectivity index (χ3n) is 2.94. The van der Waals surface area contributed by atoms with Crippen LogP contribution in [0.3, 0.4) is 0 Å². The van der Waals surface area contributed by atoms with Gasteiger partial charge in [0.05, 0.1) is 12.5 Å². The zero-order valence-electron chi connectivity index (χ0n) is 8.43. The van der Waals surface area contributed by atoms with Crippen molar-refractivity contribution in [3.63, 3.8) is 0 Å². The van der Waals surface area contributed by atoms with E-state index in [-0.39, 0.29) is 0 Å². The molecule has 2 aromatic heterocycles. The van der Waals surface area contributed by atoms with E-state index in [0.717, 1.165) is 37.1 Å². The highest BCUT2D eigenvalue weighted by molar-refractivity contribution is 5.68. The van der Waals surface area contributed by atoms with E-state index in [4.69, 9.17) is 0 Å². The van der Waals surface area contributed by atoms with Crippen LogP contribution in [-0.4, -0.2) is 32.6 Å². The second-order valence-electron chi connectivity index (χ2n) is 3.86. The van der Waals surface area contributed by atoms with E-state index < -0.39 is 0 Å². The van der Waals surface area contributed by atoms with Gasteiger partial charge < -0.3 is 9.88 Å². The molecule has 0 aliphatic carbocycles. The molecule has 0 amide bonds. The van der Waals surface area contributed by atoms with Crippen LogP contribution in [0.1, 0.15) is 18.9 Å². The highest BCUT2D eigenvalue weighted by Crippen LogP contribution is 2.21. The lowest BCUT2D eigenvalue weighted by Gasteiger charge is -2.23. The van der Waals surface area contributed by atoms with Crippen molar-refractivity contribution in [1.82, 2.24) is 24.8 Å². The van der Waals surface area contributed by atoms with Gasteiger partial charge in [0.1, 0.15) is 11.8 Å². The summed E-state index contributed by atoms with van der Waals surface area (Å²) >= 11 is 0. The van der Waals surface area contributed by atoms with E-state index in [0.29, 0.717) is 6.04 Å². The maximum atomic E-state index is 4.31. The Morgan fingerprint density at radius 2 is 2.13 bits per heavy atom.